The number of aliphatic hydroxyl groups excluding tert-OH is 1. The van der Waals surface area contributed by atoms with E-state index in [2.05, 4.69) is 24.3 Å². The second-order valence-corrected chi connectivity index (χ2v) is 5.72. The zero-order valence-electron chi connectivity index (χ0n) is 10.9. The number of hydrogen-bond acceptors (Lipinski definition) is 1. The van der Waals surface area contributed by atoms with Crippen LogP contribution < -0.4 is 0 Å². The lowest BCUT2D eigenvalue weighted by atomic mass is 9.97. The minimum Gasteiger partial charge on any atom is -0.388 e. The van der Waals surface area contributed by atoms with Crippen molar-refractivity contribution in [3.05, 3.63) is 70.2 Å². The number of benzene rings is 2. The number of aliphatic hydroxyl groups is 1. The second-order valence-electron chi connectivity index (χ2n) is 5.32. The summed E-state index contributed by atoms with van der Waals surface area (Å²) in [7, 11) is 0. The molecule has 0 heterocycles. The van der Waals surface area contributed by atoms with Gasteiger partial charge in [-0.1, -0.05) is 54.1 Å². The SMILES string of the molecule is Cc1c(Cl)cccc1C(O)C1CC1c1ccccc1. The molecule has 1 aliphatic rings. The number of rotatable bonds is 3. The third-order valence-corrected chi connectivity index (χ3v) is 4.51. The molecule has 0 saturated heterocycles. The van der Waals surface area contributed by atoms with Gasteiger partial charge < -0.3 is 5.11 Å². The molecule has 1 fully saturated rings. The van der Waals surface area contributed by atoms with Crippen LogP contribution in [-0.2, 0) is 0 Å². The lowest BCUT2D eigenvalue weighted by Gasteiger charge is -2.14. The normalized spacial score (nSPS) is 23.1. The summed E-state index contributed by atoms with van der Waals surface area (Å²) in [6, 6.07) is 16.2. The van der Waals surface area contributed by atoms with Crippen LogP contribution in [0.1, 0.15) is 35.1 Å². The minimum atomic E-state index is -0.413. The highest BCUT2D eigenvalue weighted by molar-refractivity contribution is 6.31. The van der Waals surface area contributed by atoms with Gasteiger partial charge in [0.2, 0.25) is 0 Å². The van der Waals surface area contributed by atoms with E-state index in [1.807, 2.05) is 31.2 Å². The van der Waals surface area contributed by atoms with Gasteiger partial charge in [0.15, 0.2) is 0 Å². The standard InChI is InChI=1S/C17H17ClO/c1-11-13(8-5-9-16(11)18)17(19)15-10-14(15)12-6-3-2-4-7-12/h2-9,14-15,17,19H,10H2,1H3. The monoisotopic (exact) mass is 272 g/mol. The highest BCUT2D eigenvalue weighted by atomic mass is 35.5. The average Bonchev–Trinajstić information content (AvgIpc) is 3.22. The predicted molar refractivity (Wildman–Crippen MR) is 78.4 cm³/mol. The maximum absolute atomic E-state index is 10.5. The van der Waals surface area contributed by atoms with Crippen LogP contribution in [0.15, 0.2) is 48.5 Å². The molecular weight excluding hydrogens is 256 g/mol. The van der Waals surface area contributed by atoms with Gasteiger partial charge in [-0.2, -0.15) is 0 Å². The molecule has 19 heavy (non-hydrogen) atoms. The molecule has 0 bridgehead atoms. The lowest BCUT2D eigenvalue weighted by molar-refractivity contribution is 0.150. The van der Waals surface area contributed by atoms with E-state index in [1.54, 1.807) is 0 Å². The van der Waals surface area contributed by atoms with Gasteiger partial charge in [0.05, 0.1) is 6.10 Å². The summed E-state index contributed by atoms with van der Waals surface area (Å²) in [5, 5.41) is 11.3. The van der Waals surface area contributed by atoms with Crippen LogP contribution >= 0.6 is 11.6 Å². The molecular formula is C17H17ClO. The third kappa shape index (κ3) is 2.41. The van der Waals surface area contributed by atoms with E-state index < -0.39 is 6.10 Å². The Labute approximate surface area is 118 Å². The molecule has 3 rings (SSSR count). The Balaban J connectivity index is 1.80. The summed E-state index contributed by atoms with van der Waals surface area (Å²) >= 11 is 6.13. The first-order valence-electron chi connectivity index (χ1n) is 6.66. The van der Waals surface area contributed by atoms with Crippen LogP contribution in [-0.4, -0.2) is 5.11 Å². The molecule has 0 amide bonds. The van der Waals surface area contributed by atoms with Crippen LogP contribution in [0, 0.1) is 12.8 Å². The molecule has 1 N–H and O–H groups in total. The lowest BCUT2D eigenvalue weighted by Crippen LogP contribution is -2.04. The van der Waals surface area contributed by atoms with E-state index in [4.69, 9.17) is 11.6 Å². The summed E-state index contributed by atoms with van der Waals surface area (Å²) in [6.07, 6.45) is 0.640. The summed E-state index contributed by atoms with van der Waals surface area (Å²) in [5.74, 6) is 0.800. The fourth-order valence-electron chi connectivity index (χ4n) is 2.82. The summed E-state index contributed by atoms with van der Waals surface area (Å²) in [6.45, 7) is 1.97. The van der Waals surface area contributed by atoms with Crippen molar-refractivity contribution in [2.75, 3.05) is 0 Å². The molecule has 0 aromatic heterocycles. The van der Waals surface area contributed by atoms with Crippen LogP contribution in [0.25, 0.3) is 0 Å². The van der Waals surface area contributed by atoms with E-state index in [0.717, 1.165) is 22.6 Å². The first-order valence-corrected chi connectivity index (χ1v) is 7.04. The van der Waals surface area contributed by atoms with Gasteiger partial charge in [-0.05, 0) is 47.9 Å². The fraction of sp³-hybridized carbons (Fsp3) is 0.294. The van der Waals surface area contributed by atoms with E-state index >= 15 is 0 Å². The maximum atomic E-state index is 10.5. The van der Waals surface area contributed by atoms with Crippen LogP contribution in [0.2, 0.25) is 5.02 Å². The largest absolute Gasteiger partial charge is 0.388 e. The molecule has 3 atom stereocenters. The Morgan fingerprint density at radius 1 is 1.11 bits per heavy atom. The highest BCUT2D eigenvalue weighted by Gasteiger charge is 2.44. The Hall–Kier alpha value is -1.31. The van der Waals surface area contributed by atoms with Gasteiger partial charge in [0.25, 0.3) is 0 Å². The van der Waals surface area contributed by atoms with Crippen molar-refractivity contribution in [1.82, 2.24) is 0 Å². The first kappa shape index (κ1) is 12.7. The molecule has 1 aliphatic carbocycles. The smallest absolute Gasteiger partial charge is 0.0827 e. The Kier molecular flexibility index (Phi) is 3.34. The average molecular weight is 273 g/mol. The van der Waals surface area contributed by atoms with Crippen LogP contribution in [0.5, 0.6) is 0 Å². The van der Waals surface area contributed by atoms with Crippen molar-refractivity contribution < 1.29 is 5.11 Å². The number of halogens is 1. The fourth-order valence-corrected chi connectivity index (χ4v) is 3.00. The van der Waals surface area contributed by atoms with E-state index in [9.17, 15) is 5.11 Å². The van der Waals surface area contributed by atoms with Crippen LogP contribution in [0.4, 0.5) is 0 Å². The van der Waals surface area contributed by atoms with Crippen molar-refractivity contribution in [3.63, 3.8) is 0 Å². The van der Waals surface area contributed by atoms with Gasteiger partial charge in [0.1, 0.15) is 0 Å². The van der Waals surface area contributed by atoms with Crippen LogP contribution in [0.3, 0.4) is 0 Å². The highest BCUT2D eigenvalue weighted by Crippen LogP contribution is 2.54. The second kappa shape index (κ2) is 4.99. The maximum Gasteiger partial charge on any atom is 0.0827 e. The zero-order chi connectivity index (χ0) is 13.4. The van der Waals surface area contributed by atoms with Gasteiger partial charge in [0, 0.05) is 5.02 Å². The topological polar surface area (TPSA) is 20.2 Å². The molecule has 2 aromatic rings. The Bertz CT molecular complexity index is 579. The molecule has 2 heteroatoms. The van der Waals surface area contributed by atoms with Crippen molar-refractivity contribution in [3.8, 4) is 0 Å². The summed E-state index contributed by atoms with van der Waals surface area (Å²) in [5.41, 5.74) is 3.29. The van der Waals surface area contributed by atoms with E-state index in [-0.39, 0.29) is 0 Å². The molecule has 0 radical (unpaired) electrons. The molecule has 2 aromatic carbocycles. The summed E-state index contributed by atoms with van der Waals surface area (Å²) < 4.78 is 0. The molecule has 1 nitrogen and oxygen atoms in total. The predicted octanol–water partition coefficient (Wildman–Crippen LogP) is 4.49. The number of hydrogen-bond donors (Lipinski definition) is 1. The molecule has 1 saturated carbocycles. The van der Waals surface area contributed by atoms with Gasteiger partial charge in [-0.15, -0.1) is 0 Å². The minimum absolute atomic E-state index is 0.319. The molecule has 3 unspecified atom stereocenters. The third-order valence-electron chi connectivity index (χ3n) is 4.10. The van der Waals surface area contributed by atoms with Gasteiger partial charge in [-0.25, -0.2) is 0 Å². The van der Waals surface area contributed by atoms with Crippen molar-refractivity contribution >= 4 is 11.6 Å². The summed E-state index contributed by atoms with van der Waals surface area (Å²) in [4.78, 5) is 0. The van der Waals surface area contributed by atoms with E-state index in [1.165, 1.54) is 5.56 Å². The first-order chi connectivity index (χ1) is 9.18. The van der Waals surface area contributed by atoms with Crippen molar-refractivity contribution in [2.45, 2.75) is 25.4 Å². The zero-order valence-corrected chi connectivity index (χ0v) is 11.6. The van der Waals surface area contributed by atoms with Gasteiger partial charge in [-0.3, -0.25) is 0 Å². The quantitative estimate of drug-likeness (QED) is 0.873. The van der Waals surface area contributed by atoms with Gasteiger partial charge >= 0.3 is 0 Å². The van der Waals surface area contributed by atoms with E-state index in [0.29, 0.717) is 11.8 Å². The molecule has 0 aliphatic heterocycles. The molecule has 98 valence electrons. The Morgan fingerprint density at radius 2 is 1.84 bits per heavy atom. The van der Waals surface area contributed by atoms with Crippen molar-refractivity contribution in [1.29, 1.82) is 0 Å². The van der Waals surface area contributed by atoms with Crippen molar-refractivity contribution in [2.24, 2.45) is 5.92 Å². The Morgan fingerprint density at radius 3 is 2.58 bits per heavy atom. The molecule has 0 spiro atoms.